The van der Waals surface area contributed by atoms with Gasteiger partial charge in [-0.2, -0.15) is 0 Å². The molecule has 4 heterocycles. The predicted molar refractivity (Wildman–Crippen MR) is 96.8 cm³/mol. The van der Waals surface area contributed by atoms with E-state index in [2.05, 4.69) is 57.6 Å². The van der Waals surface area contributed by atoms with Crippen LogP contribution in [0, 0.1) is 0 Å². The molecule has 3 nitrogen and oxygen atoms in total. The second-order valence-corrected chi connectivity index (χ2v) is 7.25. The summed E-state index contributed by atoms with van der Waals surface area (Å²) in [5.74, 6) is 0.639. The fourth-order valence-electron chi connectivity index (χ4n) is 3.39. The number of nitrogens with zero attached hydrogens (tertiary/aromatic N) is 2. The SMILES string of the molecule is CN1CCC(c2cc(-c3ccncc3)c(-c3cccs3)[nH]2)CC1. The minimum atomic E-state index is 0.639. The number of hydrogen-bond acceptors (Lipinski definition) is 3. The zero-order valence-electron chi connectivity index (χ0n) is 13.3. The average molecular weight is 323 g/mol. The van der Waals surface area contributed by atoms with Gasteiger partial charge < -0.3 is 9.88 Å². The monoisotopic (exact) mass is 323 g/mol. The van der Waals surface area contributed by atoms with Gasteiger partial charge in [-0.15, -0.1) is 11.3 Å². The molecule has 3 aromatic rings. The molecule has 3 aromatic heterocycles. The molecule has 0 radical (unpaired) electrons. The maximum Gasteiger partial charge on any atom is 0.0637 e. The zero-order valence-corrected chi connectivity index (χ0v) is 14.1. The van der Waals surface area contributed by atoms with E-state index in [1.165, 1.54) is 53.3 Å². The van der Waals surface area contributed by atoms with Gasteiger partial charge >= 0.3 is 0 Å². The Hall–Kier alpha value is -1.91. The lowest BCUT2D eigenvalue weighted by Crippen LogP contribution is -2.29. The van der Waals surface area contributed by atoms with E-state index in [-0.39, 0.29) is 0 Å². The molecule has 0 atom stereocenters. The van der Waals surface area contributed by atoms with Crippen LogP contribution in [0.1, 0.15) is 24.5 Å². The highest BCUT2D eigenvalue weighted by Crippen LogP contribution is 2.38. The van der Waals surface area contributed by atoms with Crippen LogP contribution in [0.2, 0.25) is 0 Å². The van der Waals surface area contributed by atoms with E-state index in [1.807, 2.05) is 12.4 Å². The standard InChI is InChI=1S/C19H21N3S/c1-22-10-6-15(7-11-22)17-13-16(14-4-8-20-9-5-14)19(21-17)18-3-2-12-23-18/h2-5,8-9,12-13,15,21H,6-7,10-11H2,1H3. The summed E-state index contributed by atoms with van der Waals surface area (Å²) in [4.78, 5) is 11.6. The first-order valence-electron chi connectivity index (χ1n) is 8.17. The number of nitrogens with one attached hydrogen (secondary N) is 1. The normalized spacial score (nSPS) is 16.7. The molecule has 1 aliphatic rings. The number of rotatable bonds is 3. The van der Waals surface area contributed by atoms with Gasteiger partial charge in [0.15, 0.2) is 0 Å². The highest BCUT2D eigenvalue weighted by atomic mass is 32.1. The first kappa shape index (κ1) is 14.7. The van der Waals surface area contributed by atoms with E-state index >= 15 is 0 Å². The molecule has 0 saturated carbocycles. The Morgan fingerprint density at radius 3 is 2.65 bits per heavy atom. The first-order valence-corrected chi connectivity index (χ1v) is 9.05. The largest absolute Gasteiger partial charge is 0.357 e. The number of aromatic nitrogens is 2. The van der Waals surface area contributed by atoms with Crippen LogP contribution in [0.5, 0.6) is 0 Å². The quantitative estimate of drug-likeness (QED) is 0.763. The number of hydrogen-bond donors (Lipinski definition) is 1. The lowest BCUT2D eigenvalue weighted by Gasteiger charge is -2.28. The van der Waals surface area contributed by atoms with Gasteiger partial charge in [0, 0.05) is 29.6 Å². The van der Waals surface area contributed by atoms with Crippen LogP contribution in [0.3, 0.4) is 0 Å². The summed E-state index contributed by atoms with van der Waals surface area (Å²) in [6.07, 6.45) is 6.21. The number of pyridine rings is 1. The van der Waals surface area contributed by atoms with Crippen molar-refractivity contribution in [2.45, 2.75) is 18.8 Å². The molecule has 0 spiro atoms. The minimum absolute atomic E-state index is 0.639. The van der Waals surface area contributed by atoms with E-state index in [4.69, 9.17) is 0 Å². The summed E-state index contributed by atoms with van der Waals surface area (Å²) >= 11 is 1.79. The van der Waals surface area contributed by atoms with Crippen LogP contribution in [0.25, 0.3) is 21.7 Å². The van der Waals surface area contributed by atoms with Gasteiger partial charge in [0.2, 0.25) is 0 Å². The minimum Gasteiger partial charge on any atom is -0.357 e. The van der Waals surface area contributed by atoms with Gasteiger partial charge in [-0.25, -0.2) is 0 Å². The summed E-state index contributed by atoms with van der Waals surface area (Å²) in [6, 6.07) is 10.9. The Balaban J connectivity index is 1.75. The molecule has 0 aromatic carbocycles. The molecule has 4 rings (SSSR count). The van der Waals surface area contributed by atoms with Crippen LogP contribution in [-0.4, -0.2) is 35.0 Å². The molecular weight excluding hydrogens is 302 g/mol. The first-order chi connectivity index (χ1) is 11.3. The van der Waals surface area contributed by atoms with E-state index in [0.717, 1.165) is 0 Å². The summed E-state index contributed by atoms with van der Waals surface area (Å²) in [5.41, 5.74) is 5.16. The van der Waals surface area contributed by atoms with Crippen molar-refractivity contribution in [1.29, 1.82) is 0 Å². The number of piperidine rings is 1. The van der Waals surface area contributed by atoms with Crippen LogP contribution >= 0.6 is 11.3 Å². The van der Waals surface area contributed by atoms with Gasteiger partial charge in [0.25, 0.3) is 0 Å². The third-order valence-corrected chi connectivity index (χ3v) is 5.64. The highest BCUT2D eigenvalue weighted by molar-refractivity contribution is 7.13. The Labute approximate surface area is 141 Å². The number of H-pyrrole nitrogens is 1. The van der Waals surface area contributed by atoms with E-state index in [9.17, 15) is 0 Å². The van der Waals surface area contributed by atoms with E-state index in [0.29, 0.717) is 5.92 Å². The molecule has 0 bridgehead atoms. The molecule has 0 aliphatic carbocycles. The van der Waals surface area contributed by atoms with Crippen molar-refractivity contribution < 1.29 is 0 Å². The van der Waals surface area contributed by atoms with E-state index in [1.54, 1.807) is 11.3 Å². The second kappa shape index (κ2) is 6.30. The summed E-state index contributed by atoms with van der Waals surface area (Å²) in [5, 5.41) is 2.14. The molecule has 23 heavy (non-hydrogen) atoms. The van der Waals surface area contributed by atoms with Gasteiger partial charge in [-0.1, -0.05) is 6.07 Å². The Bertz CT molecular complexity index is 753. The van der Waals surface area contributed by atoms with Gasteiger partial charge in [-0.05, 0) is 68.2 Å². The molecule has 4 heteroatoms. The Morgan fingerprint density at radius 1 is 1.17 bits per heavy atom. The molecule has 0 amide bonds. The number of likely N-dealkylation sites (tertiary alicyclic amines) is 1. The van der Waals surface area contributed by atoms with Crippen molar-refractivity contribution in [2.24, 2.45) is 0 Å². The van der Waals surface area contributed by atoms with Crippen molar-refractivity contribution >= 4 is 11.3 Å². The van der Waals surface area contributed by atoms with Crippen molar-refractivity contribution in [1.82, 2.24) is 14.9 Å². The average Bonchev–Trinajstić information content (AvgIpc) is 3.26. The molecule has 1 aliphatic heterocycles. The molecule has 118 valence electrons. The summed E-state index contributed by atoms with van der Waals surface area (Å²) in [6.45, 7) is 2.37. The van der Waals surface area contributed by atoms with Crippen LogP contribution in [0.4, 0.5) is 0 Å². The van der Waals surface area contributed by atoms with Crippen LogP contribution in [-0.2, 0) is 0 Å². The summed E-state index contributed by atoms with van der Waals surface area (Å²) < 4.78 is 0. The smallest absolute Gasteiger partial charge is 0.0637 e. The summed E-state index contributed by atoms with van der Waals surface area (Å²) in [7, 11) is 2.21. The Kier molecular flexibility index (Phi) is 4.02. The van der Waals surface area contributed by atoms with Crippen molar-refractivity contribution in [2.75, 3.05) is 20.1 Å². The highest BCUT2D eigenvalue weighted by Gasteiger charge is 2.22. The third-order valence-electron chi connectivity index (χ3n) is 4.76. The fourth-order valence-corrected chi connectivity index (χ4v) is 4.13. The molecule has 1 saturated heterocycles. The van der Waals surface area contributed by atoms with Crippen molar-refractivity contribution in [3.63, 3.8) is 0 Å². The number of aromatic amines is 1. The van der Waals surface area contributed by atoms with Crippen molar-refractivity contribution in [3.05, 3.63) is 53.8 Å². The van der Waals surface area contributed by atoms with Crippen LogP contribution in [0.15, 0.2) is 48.1 Å². The molecular formula is C19H21N3S. The maximum atomic E-state index is 4.16. The molecule has 0 unspecified atom stereocenters. The molecule has 1 fully saturated rings. The van der Waals surface area contributed by atoms with Crippen molar-refractivity contribution in [3.8, 4) is 21.7 Å². The second-order valence-electron chi connectivity index (χ2n) is 6.30. The van der Waals surface area contributed by atoms with Gasteiger partial charge in [0.1, 0.15) is 0 Å². The zero-order chi connectivity index (χ0) is 15.6. The van der Waals surface area contributed by atoms with Gasteiger partial charge in [0.05, 0.1) is 10.6 Å². The van der Waals surface area contributed by atoms with Gasteiger partial charge in [-0.3, -0.25) is 4.98 Å². The number of thiophene rings is 1. The predicted octanol–water partition coefficient (Wildman–Crippen LogP) is 4.61. The maximum absolute atomic E-state index is 4.16. The van der Waals surface area contributed by atoms with E-state index < -0.39 is 0 Å². The van der Waals surface area contributed by atoms with Crippen LogP contribution < -0.4 is 0 Å². The lowest BCUT2D eigenvalue weighted by atomic mass is 9.93. The topological polar surface area (TPSA) is 31.9 Å². The fraction of sp³-hybridized carbons (Fsp3) is 0.316. The Morgan fingerprint density at radius 2 is 1.96 bits per heavy atom. The third kappa shape index (κ3) is 2.96. The lowest BCUT2D eigenvalue weighted by molar-refractivity contribution is 0.253. The molecule has 1 N–H and O–H groups in total.